The average Bonchev–Trinajstić information content (AvgIpc) is 2.65. The summed E-state index contributed by atoms with van der Waals surface area (Å²) in [6.07, 6.45) is 0. The van der Waals surface area contributed by atoms with Gasteiger partial charge in [-0.15, -0.1) is 0 Å². The average molecular weight is 514 g/mol. The van der Waals surface area contributed by atoms with Crippen molar-refractivity contribution in [1.82, 2.24) is 5.32 Å². The number of amides is 1. The van der Waals surface area contributed by atoms with E-state index in [4.69, 9.17) is 26.2 Å². The van der Waals surface area contributed by atoms with E-state index in [1.165, 1.54) is 6.07 Å². The number of carboxylic acids is 1. The molecule has 2 aromatic rings. The van der Waals surface area contributed by atoms with E-state index in [1.54, 1.807) is 18.2 Å². The molecule has 0 radical (unpaired) electrons. The van der Waals surface area contributed by atoms with E-state index in [0.717, 1.165) is 10.0 Å². The van der Waals surface area contributed by atoms with Crippen molar-refractivity contribution in [2.24, 2.45) is 0 Å². The standard InChI is InChI=1S/C22H26BrClN2O5/c1-5-30-18-8-13(11-25-14-6-7-15(21(28)29)17(24)9-14)16(23)10-19(18)31-12-20(27)26-22(2,3)4/h6-10,25H,5,11-12H2,1-4H3,(H,26,27)(H,28,29). The first-order valence-corrected chi connectivity index (χ1v) is 10.8. The van der Waals surface area contributed by atoms with Crippen LogP contribution >= 0.6 is 27.5 Å². The molecule has 0 heterocycles. The fraction of sp³-hybridized carbons (Fsp3) is 0.364. The van der Waals surface area contributed by atoms with Gasteiger partial charge in [-0.2, -0.15) is 0 Å². The van der Waals surface area contributed by atoms with Gasteiger partial charge in [0.2, 0.25) is 0 Å². The molecule has 0 aliphatic rings. The molecule has 0 spiro atoms. The lowest BCUT2D eigenvalue weighted by Gasteiger charge is -2.21. The second-order valence-corrected chi connectivity index (χ2v) is 9.03. The van der Waals surface area contributed by atoms with Crippen molar-refractivity contribution in [3.8, 4) is 11.5 Å². The zero-order chi connectivity index (χ0) is 23.2. The van der Waals surface area contributed by atoms with Crippen LogP contribution in [0.15, 0.2) is 34.8 Å². The molecule has 9 heteroatoms. The number of hydrogen-bond donors (Lipinski definition) is 3. The number of carbonyl (C=O) groups is 2. The smallest absolute Gasteiger partial charge is 0.337 e. The Morgan fingerprint density at radius 3 is 2.39 bits per heavy atom. The largest absolute Gasteiger partial charge is 0.490 e. The first-order valence-electron chi connectivity index (χ1n) is 9.66. The van der Waals surface area contributed by atoms with Crippen LogP contribution in [0, 0.1) is 0 Å². The highest BCUT2D eigenvalue weighted by Gasteiger charge is 2.16. The summed E-state index contributed by atoms with van der Waals surface area (Å²) in [5.41, 5.74) is 1.27. The molecule has 1 amide bonds. The van der Waals surface area contributed by atoms with E-state index >= 15 is 0 Å². The van der Waals surface area contributed by atoms with E-state index in [1.807, 2.05) is 33.8 Å². The number of nitrogens with one attached hydrogen (secondary N) is 2. The first kappa shape index (κ1) is 24.8. The molecule has 0 aromatic heterocycles. The van der Waals surface area contributed by atoms with Gasteiger partial charge in [0.1, 0.15) is 0 Å². The Labute approximate surface area is 195 Å². The summed E-state index contributed by atoms with van der Waals surface area (Å²) in [4.78, 5) is 23.1. The Bertz CT molecular complexity index is 960. The summed E-state index contributed by atoms with van der Waals surface area (Å²) < 4.78 is 12.1. The highest BCUT2D eigenvalue weighted by atomic mass is 79.9. The third kappa shape index (κ3) is 7.63. The highest BCUT2D eigenvalue weighted by Crippen LogP contribution is 2.34. The van der Waals surface area contributed by atoms with Crippen LogP contribution in [0.1, 0.15) is 43.6 Å². The highest BCUT2D eigenvalue weighted by molar-refractivity contribution is 9.10. The Kier molecular flexibility index (Phi) is 8.59. The molecule has 31 heavy (non-hydrogen) atoms. The van der Waals surface area contributed by atoms with Gasteiger partial charge in [0.25, 0.3) is 5.91 Å². The number of rotatable bonds is 9. The molecule has 0 aliphatic carbocycles. The number of ether oxygens (including phenoxy) is 2. The van der Waals surface area contributed by atoms with Crippen molar-refractivity contribution in [2.45, 2.75) is 39.8 Å². The van der Waals surface area contributed by atoms with Crippen molar-refractivity contribution >= 4 is 45.1 Å². The molecular weight excluding hydrogens is 488 g/mol. The van der Waals surface area contributed by atoms with E-state index in [2.05, 4.69) is 26.6 Å². The van der Waals surface area contributed by atoms with Gasteiger partial charge >= 0.3 is 5.97 Å². The van der Waals surface area contributed by atoms with Gasteiger partial charge in [-0.05, 0) is 63.6 Å². The van der Waals surface area contributed by atoms with Crippen LogP contribution in [-0.4, -0.2) is 35.7 Å². The molecular formula is C22H26BrClN2O5. The van der Waals surface area contributed by atoms with Crippen LogP contribution < -0.4 is 20.1 Å². The number of anilines is 1. The fourth-order valence-corrected chi connectivity index (χ4v) is 3.41. The minimum atomic E-state index is -1.08. The lowest BCUT2D eigenvalue weighted by Crippen LogP contribution is -2.43. The third-order valence-electron chi connectivity index (χ3n) is 3.97. The summed E-state index contributed by atoms with van der Waals surface area (Å²) in [7, 11) is 0. The topological polar surface area (TPSA) is 96.9 Å². The number of hydrogen-bond acceptors (Lipinski definition) is 5. The SMILES string of the molecule is CCOc1cc(CNc2ccc(C(=O)O)c(Cl)c2)c(Br)cc1OCC(=O)NC(C)(C)C. The Balaban J connectivity index is 2.13. The lowest BCUT2D eigenvalue weighted by molar-refractivity contribution is -0.124. The monoisotopic (exact) mass is 512 g/mol. The zero-order valence-corrected chi connectivity index (χ0v) is 20.2. The summed E-state index contributed by atoms with van der Waals surface area (Å²) >= 11 is 9.55. The Morgan fingerprint density at radius 1 is 1.13 bits per heavy atom. The third-order valence-corrected chi connectivity index (χ3v) is 5.02. The molecule has 0 unspecified atom stereocenters. The number of carbonyl (C=O) groups excluding carboxylic acids is 1. The summed E-state index contributed by atoms with van der Waals surface area (Å²) in [5, 5.41) is 15.3. The Hall–Kier alpha value is -2.45. The van der Waals surface area contributed by atoms with Crippen molar-refractivity contribution in [2.75, 3.05) is 18.5 Å². The maximum absolute atomic E-state index is 12.1. The molecule has 2 aromatic carbocycles. The first-order chi connectivity index (χ1) is 14.5. The predicted molar refractivity (Wildman–Crippen MR) is 124 cm³/mol. The van der Waals surface area contributed by atoms with Crippen molar-refractivity contribution in [1.29, 1.82) is 0 Å². The van der Waals surface area contributed by atoms with Crippen LogP contribution in [0.5, 0.6) is 11.5 Å². The van der Waals surface area contributed by atoms with E-state index < -0.39 is 5.97 Å². The van der Waals surface area contributed by atoms with Gasteiger partial charge in [0.05, 0.1) is 17.2 Å². The van der Waals surface area contributed by atoms with Crippen LogP contribution in [-0.2, 0) is 11.3 Å². The summed E-state index contributed by atoms with van der Waals surface area (Å²) in [5.74, 6) is -0.327. The van der Waals surface area contributed by atoms with E-state index in [-0.39, 0.29) is 28.6 Å². The quantitative estimate of drug-likeness (QED) is 0.431. The maximum atomic E-state index is 12.1. The normalized spacial score (nSPS) is 11.0. The molecule has 0 saturated heterocycles. The minimum absolute atomic E-state index is 0.0454. The van der Waals surface area contributed by atoms with Gasteiger partial charge in [-0.25, -0.2) is 4.79 Å². The maximum Gasteiger partial charge on any atom is 0.337 e. The second-order valence-electron chi connectivity index (χ2n) is 7.76. The number of benzene rings is 2. The van der Waals surface area contributed by atoms with Gasteiger partial charge in [-0.3, -0.25) is 4.79 Å². The van der Waals surface area contributed by atoms with E-state index in [9.17, 15) is 9.59 Å². The number of halogens is 2. The van der Waals surface area contributed by atoms with Crippen LogP contribution in [0.4, 0.5) is 5.69 Å². The molecule has 0 fully saturated rings. The Morgan fingerprint density at radius 2 is 1.81 bits per heavy atom. The van der Waals surface area contributed by atoms with Gasteiger partial charge in [-0.1, -0.05) is 27.5 Å². The van der Waals surface area contributed by atoms with Crippen LogP contribution in [0.3, 0.4) is 0 Å². The molecule has 0 saturated carbocycles. The van der Waals surface area contributed by atoms with Crippen LogP contribution in [0.25, 0.3) is 0 Å². The zero-order valence-electron chi connectivity index (χ0n) is 17.8. The van der Waals surface area contributed by atoms with Gasteiger partial charge in [0.15, 0.2) is 18.1 Å². The predicted octanol–water partition coefficient (Wildman–Crippen LogP) is 5.11. The molecule has 0 aliphatic heterocycles. The van der Waals surface area contributed by atoms with E-state index in [0.29, 0.717) is 30.3 Å². The second kappa shape index (κ2) is 10.7. The van der Waals surface area contributed by atoms with Crippen molar-refractivity contribution < 1.29 is 24.2 Å². The van der Waals surface area contributed by atoms with Crippen LogP contribution in [0.2, 0.25) is 5.02 Å². The van der Waals surface area contributed by atoms with Gasteiger partial charge < -0.3 is 25.2 Å². The minimum Gasteiger partial charge on any atom is -0.490 e. The molecule has 168 valence electrons. The fourth-order valence-electron chi connectivity index (χ4n) is 2.69. The number of aromatic carboxylic acids is 1. The molecule has 0 bridgehead atoms. The summed E-state index contributed by atoms with van der Waals surface area (Å²) in [6.45, 7) is 8.29. The van der Waals surface area contributed by atoms with Crippen molar-refractivity contribution in [3.63, 3.8) is 0 Å². The van der Waals surface area contributed by atoms with Gasteiger partial charge in [0, 0.05) is 22.2 Å². The molecule has 2 rings (SSSR count). The number of carboxylic acid groups (broad SMARTS) is 1. The summed E-state index contributed by atoms with van der Waals surface area (Å²) in [6, 6.07) is 8.25. The molecule has 3 N–H and O–H groups in total. The lowest BCUT2D eigenvalue weighted by atomic mass is 10.1. The van der Waals surface area contributed by atoms with Crippen molar-refractivity contribution in [3.05, 3.63) is 51.0 Å². The molecule has 7 nitrogen and oxygen atoms in total. The molecule has 0 atom stereocenters.